The van der Waals surface area contributed by atoms with Crippen LogP contribution in [0.4, 0.5) is 4.79 Å². The Morgan fingerprint density at radius 2 is 1.68 bits per heavy atom. The van der Waals surface area contributed by atoms with Crippen LogP contribution in [0.1, 0.15) is 28.4 Å². The monoisotopic (exact) mass is 560 g/mol. The van der Waals surface area contributed by atoms with E-state index in [4.69, 9.17) is 9.47 Å². The molecule has 10 nitrogen and oxygen atoms in total. The van der Waals surface area contributed by atoms with Gasteiger partial charge < -0.3 is 18.9 Å². The van der Waals surface area contributed by atoms with Crippen LogP contribution in [0.25, 0.3) is 10.2 Å². The third kappa shape index (κ3) is 5.83. The van der Waals surface area contributed by atoms with E-state index < -0.39 is 22.0 Å². The molecule has 0 aliphatic carbocycles. The van der Waals surface area contributed by atoms with Crippen LogP contribution in [-0.2, 0) is 26.0 Å². The van der Waals surface area contributed by atoms with Crippen LogP contribution in [0.2, 0.25) is 0 Å². The molecule has 2 heterocycles. The highest BCUT2D eigenvalue weighted by Crippen LogP contribution is 2.23. The summed E-state index contributed by atoms with van der Waals surface area (Å²) in [5.74, 6) is -0.455. The first kappa shape index (κ1) is 28.0. The molecule has 0 bridgehead atoms. The number of rotatable bonds is 7. The SMILES string of the molecule is CCOC(=O)N1CCN(S(=O)(=O)c2ccc(C(=O)N=c3sc4cc(C)c(C)cc4n3CCOC)cc2)CC1. The first-order valence-electron chi connectivity index (χ1n) is 12.4. The molecule has 1 saturated heterocycles. The number of hydrogen-bond acceptors (Lipinski definition) is 7. The molecule has 1 aliphatic rings. The molecule has 2 amide bonds. The average Bonchev–Trinajstić information content (AvgIpc) is 3.23. The predicted molar refractivity (Wildman–Crippen MR) is 145 cm³/mol. The van der Waals surface area contributed by atoms with Gasteiger partial charge in [-0.15, -0.1) is 0 Å². The number of thiazole rings is 1. The maximum Gasteiger partial charge on any atom is 0.409 e. The van der Waals surface area contributed by atoms with Gasteiger partial charge in [0.2, 0.25) is 10.0 Å². The fourth-order valence-electron chi connectivity index (χ4n) is 4.20. The van der Waals surface area contributed by atoms with E-state index in [2.05, 4.69) is 17.1 Å². The fourth-order valence-corrected chi connectivity index (χ4v) is 6.76. The van der Waals surface area contributed by atoms with Crippen molar-refractivity contribution in [2.75, 3.05) is 46.5 Å². The zero-order valence-corrected chi connectivity index (χ0v) is 23.6. The summed E-state index contributed by atoms with van der Waals surface area (Å²) in [6.07, 6.45) is -0.441. The minimum atomic E-state index is -3.77. The second kappa shape index (κ2) is 11.8. The van der Waals surface area contributed by atoms with Gasteiger partial charge >= 0.3 is 6.09 Å². The Balaban J connectivity index is 1.55. The summed E-state index contributed by atoms with van der Waals surface area (Å²) in [5.41, 5.74) is 3.60. The topological polar surface area (TPSA) is 111 Å². The molecule has 0 spiro atoms. The molecular weight excluding hydrogens is 528 g/mol. The van der Waals surface area contributed by atoms with Crippen LogP contribution < -0.4 is 4.80 Å². The van der Waals surface area contributed by atoms with E-state index >= 15 is 0 Å². The summed E-state index contributed by atoms with van der Waals surface area (Å²) in [6.45, 7) is 7.96. The summed E-state index contributed by atoms with van der Waals surface area (Å²) in [7, 11) is -2.14. The quantitative estimate of drug-likeness (QED) is 0.439. The van der Waals surface area contributed by atoms with Crippen molar-refractivity contribution in [1.82, 2.24) is 13.8 Å². The molecule has 0 unspecified atom stereocenters. The first-order valence-corrected chi connectivity index (χ1v) is 14.6. The Morgan fingerprint density at radius 1 is 1.03 bits per heavy atom. The molecule has 204 valence electrons. The molecule has 0 radical (unpaired) electrons. The zero-order valence-electron chi connectivity index (χ0n) is 22.0. The van der Waals surface area contributed by atoms with E-state index in [9.17, 15) is 18.0 Å². The molecule has 0 saturated carbocycles. The van der Waals surface area contributed by atoms with Crippen molar-refractivity contribution >= 4 is 43.6 Å². The Hall–Kier alpha value is -3.06. The minimum absolute atomic E-state index is 0.0848. The van der Waals surface area contributed by atoms with Crippen molar-refractivity contribution in [3.8, 4) is 0 Å². The zero-order chi connectivity index (χ0) is 27.4. The van der Waals surface area contributed by atoms with Crippen LogP contribution in [0.15, 0.2) is 46.3 Å². The van der Waals surface area contributed by atoms with Crippen molar-refractivity contribution in [3.05, 3.63) is 57.9 Å². The highest BCUT2D eigenvalue weighted by Gasteiger charge is 2.30. The number of hydrogen-bond donors (Lipinski definition) is 0. The van der Waals surface area contributed by atoms with Crippen molar-refractivity contribution in [2.24, 2.45) is 4.99 Å². The molecule has 2 aromatic carbocycles. The molecule has 0 atom stereocenters. The summed E-state index contributed by atoms with van der Waals surface area (Å²) in [5, 5.41) is 0. The number of methoxy groups -OCH3 is 1. The number of aromatic nitrogens is 1. The predicted octanol–water partition coefficient (Wildman–Crippen LogP) is 3.17. The standard InChI is InChI=1S/C26H32N4O6S2/c1-5-36-26(32)28-10-12-29(13-11-28)38(33,34)21-8-6-20(7-9-21)24(31)27-25-30(14-15-35-4)22-16-18(2)19(3)17-23(22)37-25/h6-9,16-17H,5,10-15H2,1-4H3. The fraction of sp³-hybridized carbons (Fsp3) is 0.423. The number of carbonyl (C=O) groups is 2. The van der Waals surface area contributed by atoms with Crippen molar-refractivity contribution in [1.29, 1.82) is 0 Å². The molecule has 12 heteroatoms. The molecule has 0 N–H and O–H groups in total. The second-order valence-electron chi connectivity index (χ2n) is 8.96. The number of benzene rings is 2. The Bertz CT molecular complexity index is 1500. The second-order valence-corrected chi connectivity index (χ2v) is 11.9. The number of carbonyl (C=O) groups excluding carboxylic acids is 2. The molecule has 1 aromatic heterocycles. The first-order chi connectivity index (χ1) is 18.1. The van der Waals surface area contributed by atoms with Crippen LogP contribution in [-0.4, -0.2) is 80.7 Å². The average molecular weight is 561 g/mol. The van der Waals surface area contributed by atoms with Gasteiger partial charge in [0.25, 0.3) is 5.91 Å². The van der Waals surface area contributed by atoms with E-state index in [1.165, 1.54) is 44.8 Å². The Kier molecular flexibility index (Phi) is 8.66. The number of fused-ring (bicyclic) bond motifs is 1. The van der Waals surface area contributed by atoms with Crippen molar-refractivity contribution in [2.45, 2.75) is 32.2 Å². The van der Waals surface area contributed by atoms with Crippen LogP contribution in [0.3, 0.4) is 0 Å². The van der Waals surface area contributed by atoms with Gasteiger partial charge in [0.1, 0.15) is 0 Å². The van der Waals surface area contributed by atoms with Crippen LogP contribution >= 0.6 is 11.3 Å². The van der Waals surface area contributed by atoms with E-state index in [0.29, 0.717) is 23.5 Å². The lowest BCUT2D eigenvalue weighted by Crippen LogP contribution is -2.50. The van der Waals surface area contributed by atoms with Gasteiger partial charge in [0, 0.05) is 45.4 Å². The molecular formula is C26H32N4O6S2. The highest BCUT2D eigenvalue weighted by molar-refractivity contribution is 7.89. The van der Waals surface area contributed by atoms with Crippen molar-refractivity contribution in [3.63, 3.8) is 0 Å². The summed E-state index contributed by atoms with van der Waals surface area (Å²) < 4.78 is 40.8. The van der Waals surface area contributed by atoms with Crippen LogP contribution in [0, 0.1) is 13.8 Å². The number of ether oxygens (including phenoxy) is 2. The number of aryl methyl sites for hydroxylation is 2. The van der Waals surface area contributed by atoms with E-state index in [-0.39, 0.29) is 37.7 Å². The van der Waals surface area contributed by atoms with E-state index in [0.717, 1.165) is 21.3 Å². The summed E-state index contributed by atoms with van der Waals surface area (Å²) in [4.78, 5) is 31.5. The summed E-state index contributed by atoms with van der Waals surface area (Å²) in [6, 6.07) is 9.99. The normalized spacial score (nSPS) is 15.3. The smallest absolute Gasteiger partial charge is 0.409 e. The number of amides is 2. The van der Waals surface area contributed by atoms with Crippen molar-refractivity contribution < 1.29 is 27.5 Å². The highest BCUT2D eigenvalue weighted by atomic mass is 32.2. The molecule has 1 aliphatic heterocycles. The van der Waals surface area contributed by atoms with Crippen LogP contribution in [0.5, 0.6) is 0 Å². The van der Waals surface area contributed by atoms with Gasteiger partial charge in [-0.25, -0.2) is 13.2 Å². The van der Waals surface area contributed by atoms with Gasteiger partial charge in [0.15, 0.2) is 4.80 Å². The maximum absolute atomic E-state index is 13.1. The molecule has 3 aromatic rings. The molecule has 38 heavy (non-hydrogen) atoms. The number of sulfonamides is 1. The van der Waals surface area contributed by atoms with E-state index in [1.807, 2.05) is 18.4 Å². The lowest BCUT2D eigenvalue weighted by atomic mass is 10.1. The maximum atomic E-state index is 13.1. The molecule has 1 fully saturated rings. The Morgan fingerprint density at radius 3 is 2.32 bits per heavy atom. The van der Waals surface area contributed by atoms with Gasteiger partial charge in [0.05, 0.1) is 28.3 Å². The third-order valence-electron chi connectivity index (χ3n) is 6.52. The number of nitrogens with zero attached hydrogens (tertiary/aromatic N) is 4. The van der Waals surface area contributed by atoms with Gasteiger partial charge in [-0.2, -0.15) is 9.30 Å². The van der Waals surface area contributed by atoms with Gasteiger partial charge in [-0.1, -0.05) is 11.3 Å². The largest absolute Gasteiger partial charge is 0.450 e. The van der Waals surface area contributed by atoms with Gasteiger partial charge in [-0.05, 0) is 68.3 Å². The lowest BCUT2D eigenvalue weighted by molar-refractivity contribution is 0.0933. The third-order valence-corrected chi connectivity index (χ3v) is 9.47. The molecule has 4 rings (SSSR count). The lowest BCUT2D eigenvalue weighted by Gasteiger charge is -2.33. The minimum Gasteiger partial charge on any atom is -0.450 e. The van der Waals surface area contributed by atoms with E-state index in [1.54, 1.807) is 14.0 Å². The summed E-state index contributed by atoms with van der Waals surface area (Å²) >= 11 is 1.43. The van der Waals surface area contributed by atoms with Gasteiger partial charge in [-0.3, -0.25) is 4.79 Å². The Labute approximate surface area is 226 Å². The number of piperazine rings is 1.